The van der Waals surface area contributed by atoms with Crippen LogP contribution in [0.4, 0.5) is 0 Å². The molecule has 0 unspecified atom stereocenters. The Hall–Kier alpha value is 1.06. The molecule has 0 atom stereocenters. The summed E-state index contributed by atoms with van der Waals surface area (Å²) in [7, 11) is 0. The molecule has 74 valence electrons. The van der Waals surface area contributed by atoms with Crippen molar-refractivity contribution in [2.45, 2.75) is 27.2 Å². The first-order valence-corrected chi connectivity index (χ1v) is 4.41. The minimum atomic E-state index is 0. The fourth-order valence-corrected chi connectivity index (χ4v) is 1.45. The Labute approximate surface area is 111 Å². The molecule has 0 heterocycles. The van der Waals surface area contributed by atoms with Crippen molar-refractivity contribution in [1.82, 2.24) is 0 Å². The monoisotopic (exact) mass is 274 g/mol. The van der Waals surface area contributed by atoms with E-state index < -0.39 is 0 Å². The summed E-state index contributed by atoms with van der Waals surface area (Å²) >= 11 is 2.19. The molecule has 0 nitrogen and oxygen atoms in total. The van der Waals surface area contributed by atoms with Gasteiger partial charge in [-0.05, 0) is 0 Å². The van der Waals surface area contributed by atoms with Gasteiger partial charge >= 0.3 is 74.6 Å². The Morgan fingerprint density at radius 3 is 1.77 bits per heavy atom. The summed E-state index contributed by atoms with van der Waals surface area (Å²) in [6.45, 7) is 6.77. The fourth-order valence-electron chi connectivity index (χ4n) is 1.05. The Morgan fingerprint density at radius 1 is 1.15 bits per heavy atom. The smallest absolute Gasteiger partial charge is 1.00 e. The standard InChI is InChI=1S/C9H13.3ClH.Ti/c1-9(2,3)8-6-4-5-7-8;;;;/h6-7H,4H2,1-3H3;3*1H;/q;;;;+3/p-3. The maximum Gasteiger partial charge on any atom is -1.00 e. The van der Waals surface area contributed by atoms with E-state index in [4.69, 9.17) is 0 Å². The number of hydrogen-bond acceptors (Lipinski definition) is 0. The van der Waals surface area contributed by atoms with Gasteiger partial charge in [0, 0.05) is 0 Å². The second-order valence-corrected chi connectivity index (χ2v) is 4.79. The van der Waals surface area contributed by atoms with Gasteiger partial charge in [-0.25, -0.2) is 0 Å². The van der Waals surface area contributed by atoms with E-state index in [1.807, 2.05) is 0 Å². The molecular formula is C9H13Cl3Ti. The Balaban J connectivity index is -0.000000333. The molecular weight excluding hydrogens is 262 g/mol. The van der Waals surface area contributed by atoms with E-state index in [9.17, 15) is 0 Å². The van der Waals surface area contributed by atoms with Crippen molar-refractivity contribution in [3.8, 4) is 0 Å². The van der Waals surface area contributed by atoms with Crippen LogP contribution in [0.25, 0.3) is 0 Å². The number of allylic oxidation sites excluding steroid dienone is 4. The van der Waals surface area contributed by atoms with E-state index in [1.165, 1.54) is 9.45 Å². The fraction of sp³-hybridized carbons (Fsp3) is 0.556. The molecule has 0 saturated heterocycles. The predicted octanol–water partition coefficient (Wildman–Crippen LogP) is -6.19. The van der Waals surface area contributed by atoms with Crippen LogP contribution in [-0.2, 0) is 20.4 Å². The van der Waals surface area contributed by atoms with E-state index in [0.29, 0.717) is 5.41 Å². The zero-order valence-electron chi connectivity index (χ0n) is 8.00. The summed E-state index contributed by atoms with van der Waals surface area (Å²) in [5.74, 6) is 0. The van der Waals surface area contributed by atoms with Crippen LogP contribution in [0.1, 0.15) is 27.2 Å². The van der Waals surface area contributed by atoms with Crippen molar-refractivity contribution < 1.29 is 57.7 Å². The Bertz CT molecular complexity index is 201. The molecule has 0 saturated carbocycles. The summed E-state index contributed by atoms with van der Waals surface area (Å²) < 4.78 is 1.49. The molecule has 1 rings (SSSR count). The topological polar surface area (TPSA) is 0 Å². The van der Waals surface area contributed by atoms with Gasteiger partial charge in [-0.1, -0.05) is 0 Å². The van der Waals surface area contributed by atoms with Crippen LogP contribution in [-0.4, -0.2) is 0 Å². The van der Waals surface area contributed by atoms with Crippen LogP contribution in [0.15, 0.2) is 21.6 Å². The van der Waals surface area contributed by atoms with Gasteiger partial charge in [0.05, 0.1) is 0 Å². The summed E-state index contributed by atoms with van der Waals surface area (Å²) in [6.07, 6.45) is 5.79. The molecule has 0 spiro atoms. The SMILES string of the molecule is CC(C)(C)C1=CC[C]([Ti+3])=C1.[Cl-].[Cl-].[Cl-]. The molecule has 0 aliphatic heterocycles. The van der Waals surface area contributed by atoms with E-state index in [2.05, 4.69) is 53.4 Å². The van der Waals surface area contributed by atoms with Crippen molar-refractivity contribution in [1.29, 1.82) is 0 Å². The van der Waals surface area contributed by atoms with Crippen LogP contribution < -0.4 is 37.2 Å². The molecule has 0 amide bonds. The molecule has 0 aromatic heterocycles. The minimum Gasteiger partial charge on any atom is -1.00 e. The van der Waals surface area contributed by atoms with Crippen molar-refractivity contribution in [3.05, 3.63) is 21.6 Å². The van der Waals surface area contributed by atoms with E-state index in [0.717, 1.165) is 6.42 Å². The zero-order valence-corrected chi connectivity index (χ0v) is 11.8. The Morgan fingerprint density at radius 2 is 1.62 bits per heavy atom. The molecule has 4 heteroatoms. The average molecular weight is 275 g/mol. The van der Waals surface area contributed by atoms with Gasteiger partial charge in [0.1, 0.15) is 0 Å². The van der Waals surface area contributed by atoms with Crippen molar-refractivity contribution in [3.63, 3.8) is 0 Å². The van der Waals surface area contributed by atoms with Crippen LogP contribution >= 0.6 is 0 Å². The van der Waals surface area contributed by atoms with Gasteiger partial charge in [-0.15, -0.1) is 0 Å². The second-order valence-electron chi connectivity index (χ2n) is 3.78. The first kappa shape index (κ1) is 19.6. The number of rotatable bonds is 0. The molecule has 1 aliphatic carbocycles. The maximum absolute atomic E-state index is 2.33. The van der Waals surface area contributed by atoms with Crippen molar-refractivity contribution in [2.24, 2.45) is 5.41 Å². The molecule has 1 aliphatic rings. The second kappa shape index (κ2) is 7.37. The first-order chi connectivity index (χ1) is 4.50. The molecule has 13 heavy (non-hydrogen) atoms. The van der Waals surface area contributed by atoms with Gasteiger partial charge < -0.3 is 37.2 Å². The van der Waals surface area contributed by atoms with Crippen molar-refractivity contribution >= 4 is 0 Å². The zero-order chi connectivity index (χ0) is 7.78. The maximum atomic E-state index is 2.33. The first-order valence-electron chi connectivity index (χ1n) is 3.63. The molecule has 0 bridgehead atoms. The van der Waals surface area contributed by atoms with Gasteiger partial charge in [0.15, 0.2) is 0 Å². The minimum absolute atomic E-state index is 0. The van der Waals surface area contributed by atoms with E-state index >= 15 is 0 Å². The third kappa shape index (κ3) is 6.20. The summed E-state index contributed by atoms with van der Waals surface area (Å²) in [5.41, 5.74) is 1.84. The summed E-state index contributed by atoms with van der Waals surface area (Å²) in [6, 6.07) is 0. The molecule has 0 fully saturated rings. The predicted molar refractivity (Wildman–Crippen MR) is 40.2 cm³/mol. The molecule has 0 N–H and O–H groups in total. The summed E-state index contributed by atoms with van der Waals surface area (Å²) in [4.78, 5) is 0. The van der Waals surface area contributed by atoms with Gasteiger partial charge in [0.2, 0.25) is 0 Å². The van der Waals surface area contributed by atoms with E-state index in [-0.39, 0.29) is 37.2 Å². The quantitative estimate of drug-likeness (QED) is 0.386. The largest absolute Gasteiger partial charge is 1.00 e. The van der Waals surface area contributed by atoms with Crippen LogP contribution in [0.2, 0.25) is 0 Å². The normalized spacial score (nSPS) is 14.5. The molecule has 0 aromatic rings. The van der Waals surface area contributed by atoms with Crippen LogP contribution in [0.5, 0.6) is 0 Å². The van der Waals surface area contributed by atoms with Gasteiger partial charge in [-0.2, -0.15) is 0 Å². The molecule has 0 radical (unpaired) electrons. The Kier molecular flexibility index (Phi) is 11.1. The third-order valence-corrected chi connectivity index (χ3v) is 2.28. The van der Waals surface area contributed by atoms with Gasteiger partial charge in [0.25, 0.3) is 0 Å². The number of hydrogen-bond donors (Lipinski definition) is 0. The van der Waals surface area contributed by atoms with Crippen LogP contribution in [0, 0.1) is 5.41 Å². The van der Waals surface area contributed by atoms with Crippen LogP contribution in [0.3, 0.4) is 0 Å². The number of halogens is 3. The average Bonchev–Trinajstić information content (AvgIpc) is 2.11. The van der Waals surface area contributed by atoms with Gasteiger partial charge in [-0.3, -0.25) is 0 Å². The summed E-state index contributed by atoms with van der Waals surface area (Å²) in [5, 5.41) is 0. The molecule has 0 aromatic carbocycles. The van der Waals surface area contributed by atoms with Crippen molar-refractivity contribution in [2.75, 3.05) is 0 Å². The third-order valence-electron chi connectivity index (χ3n) is 1.74. The van der Waals surface area contributed by atoms with E-state index in [1.54, 1.807) is 0 Å².